The summed E-state index contributed by atoms with van der Waals surface area (Å²) in [7, 11) is -2.68. The Morgan fingerprint density at radius 2 is 1.94 bits per heavy atom. The lowest BCUT2D eigenvalue weighted by atomic mass is 10.1. The molecule has 0 radical (unpaired) electrons. The van der Waals surface area contributed by atoms with Crippen LogP contribution < -0.4 is 9.46 Å². The van der Waals surface area contributed by atoms with Gasteiger partial charge in [-0.3, -0.25) is 9.40 Å². The molecule has 2 aromatic carbocycles. The highest BCUT2D eigenvalue weighted by Crippen LogP contribution is 2.37. The topological polar surface area (TPSA) is 86.1 Å². The van der Waals surface area contributed by atoms with Crippen LogP contribution in [-0.2, 0) is 17.1 Å². The summed E-state index contributed by atoms with van der Waals surface area (Å²) >= 11 is 7.22. The van der Waals surface area contributed by atoms with Gasteiger partial charge in [-0.2, -0.15) is 5.10 Å². The van der Waals surface area contributed by atoms with Gasteiger partial charge in [-0.1, -0.05) is 11.6 Å². The largest absolute Gasteiger partial charge is 0.453 e. The third-order valence-corrected chi connectivity index (χ3v) is 6.40. The first kappa shape index (κ1) is 21.2. The van der Waals surface area contributed by atoms with E-state index in [1.165, 1.54) is 23.0 Å². The zero-order chi connectivity index (χ0) is 22.2. The van der Waals surface area contributed by atoms with E-state index in [2.05, 4.69) is 14.8 Å². The van der Waals surface area contributed by atoms with Crippen molar-refractivity contribution in [3.8, 4) is 22.8 Å². The summed E-state index contributed by atoms with van der Waals surface area (Å²) in [5, 5.41) is 5.91. The average Bonchev–Trinajstić information content (AvgIpc) is 3.36. The van der Waals surface area contributed by atoms with E-state index in [1.807, 2.05) is 0 Å². The third kappa shape index (κ3) is 4.38. The Morgan fingerprint density at radius 1 is 1.13 bits per heavy atom. The summed E-state index contributed by atoms with van der Waals surface area (Å²) in [5.74, 6) is -2.55. The number of sulfonamides is 1. The smallest absolute Gasteiger partial charge is 0.266 e. The van der Waals surface area contributed by atoms with Gasteiger partial charge in [0.2, 0.25) is 0 Å². The van der Waals surface area contributed by atoms with Gasteiger partial charge in [-0.15, -0.1) is 11.3 Å². The highest BCUT2D eigenvalue weighted by Gasteiger charge is 2.24. The molecule has 1 N–H and O–H groups in total. The van der Waals surface area contributed by atoms with Crippen LogP contribution in [-0.4, -0.2) is 23.2 Å². The van der Waals surface area contributed by atoms with Crippen molar-refractivity contribution >= 4 is 38.8 Å². The van der Waals surface area contributed by atoms with Crippen LogP contribution in [0.2, 0.25) is 5.02 Å². The van der Waals surface area contributed by atoms with Gasteiger partial charge in [-0.05, 0) is 24.3 Å². The number of nitrogens with zero attached hydrogens (tertiary/aromatic N) is 3. The van der Waals surface area contributed by atoms with Crippen molar-refractivity contribution < 1.29 is 21.9 Å². The summed E-state index contributed by atoms with van der Waals surface area (Å²) in [4.78, 5) is 2.90. The number of benzene rings is 2. The van der Waals surface area contributed by atoms with Crippen molar-refractivity contribution in [1.29, 1.82) is 0 Å². The Balaban J connectivity index is 1.70. The van der Waals surface area contributed by atoms with Crippen molar-refractivity contribution in [3.05, 3.63) is 70.1 Å². The molecular weight excluding hydrogens is 470 g/mol. The van der Waals surface area contributed by atoms with Gasteiger partial charge < -0.3 is 4.74 Å². The van der Waals surface area contributed by atoms with E-state index in [0.717, 1.165) is 11.3 Å². The van der Waals surface area contributed by atoms with Crippen LogP contribution in [0.4, 0.5) is 14.6 Å². The maximum absolute atomic E-state index is 14.7. The summed E-state index contributed by atoms with van der Waals surface area (Å²) in [6.45, 7) is 0. The zero-order valence-corrected chi connectivity index (χ0v) is 18.1. The molecule has 0 aliphatic heterocycles. The molecule has 0 saturated carbocycles. The number of anilines is 1. The Labute approximate surface area is 184 Å². The minimum Gasteiger partial charge on any atom is -0.453 e. The molecule has 0 fully saturated rings. The molecule has 7 nitrogen and oxygen atoms in total. The van der Waals surface area contributed by atoms with Crippen LogP contribution in [0.5, 0.6) is 11.5 Å². The van der Waals surface area contributed by atoms with Gasteiger partial charge in [-0.25, -0.2) is 22.2 Å². The van der Waals surface area contributed by atoms with Crippen molar-refractivity contribution in [2.24, 2.45) is 7.05 Å². The fraction of sp³-hybridized carbons (Fsp3) is 0.0526. The first-order valence-corrected chi connectivity index (χ1v) is 11.4. The van der Waals surface area contributed by atoms with Gasteiger partial charge in [0.1, 0.15) is 16.5 Å². The molecule has 2 aromatic heterocycles. The van der Waals surface area contributed by atoms with Crippen molar-refractivity contribution in [3.63, 3.8) is 0 Å². The first-order chi connectivity index (χ1) is 14.7. The molecule has 31 heavy (non-hydrogen) atoms. The second kappa shape index (κ2) is 8.25. The maximum atomic E-state index is 14.7. The highest BCUT2D eigenvalue weighted by atomic mass is 35.5. The monoisotopic (exact) mass is 482 g/mol. The predicted octanol–water partition coefficient (Wildman–Crippen LogP) is 5.07. The Kier molecular flexibility index (Phi) is 5.65. The molecule has 0 atom stereocenters. The summed E-state index contributed by atoms with van der Waals surface area (Å²) in [6, 6.07) is 7.55. The number of ether oxygens (including phenoxy) is 1. The van der Waals surface area contributed by atoms with E-state index < -0.39 is 32.3 Å². The molecule has 0 aliphatic rings. The average molecular weight is 483 g/mol. The van der Waals surface area contributed by atoms with Gasteiger partial charge in [0.15, 0.2) is 17.4 Å². The van der Waals surface area contributed by atoms with E-state index >= 15 is 0 Å². The molecule has 0 spiro atoms. The summed E-state index contributed by atoms with van der Waals surface area (Å²) < 4.78 is 63.4. The van der Waals surface area contributed by atoms with Crippen LogP contribution in [0.3, 0.4) is 0 Å². The van der Waals surface area contributed by atoms with Crippen LogP contribution in [0.25, 0.3) is 11.3 Å². The number of hydrogen-bond donors (Lipinski definition) is 1. The summed E-state index contributed by atoms with van der Waals surface area (Å²) in [6.07, 6.45) is 1.56. The minimum absolute atomic E-state index is 0.00659. The molecule has 0 saturated heterocycles. The normalized spacial score (nSPS) is 11.5. The van der Waals surface area contributed by atoms with Crippen molar-refractivity contribution in [1.82, 2.24) is 14.8 Å². The standard InChI is InChI=1S/C19H13ClF2N4O3S2/c1-26-15(4-5-24-26)12-6-11(20)2-3-16(12)29-17-7-14(22)18(8-13(17)21)31(27,28)25-19-9-30-10-23-19/h2-10,25H,1H3. The zero-order valence-electron chi connectivity index (χ0n) is 15.7. The molecule has 12 heteroatoms. The molecule has 4 aromatic rings. The van der Waals surface area contributed by atoms with E-state index in [9.17, 15) is 17.2 Å². The van der Waals surface area contributed by atoms with Crippen LogP contribution in [0, 0.1) is 11.6 Å². The van der Waals surface area contributed by atoms with Crippen LogP contribution >= 0.6 is 22.9 Å². The number of nitrogens with one attached hydrogen (secondary N) is 1. The van der Waals surface area contributed by atoms with Crippen LogP contribution in [0.1, 0.15) is 0 Å². The Hall–Kier alpha value is -3.02. The number of rotatable bonds is 6. The van der Waals surface area contributed by atoms with Crippen molar-refractivity contribution in [2.75, 3.05) is 4.72 Å². The molecular formula is C19H13ClF2N4O3S2. The van der Waals surface area contributed by atoms with E-state index in [0.29, 0.717) is 28.4 Å². The first-order valence-electron chi connectivity index (χ1n) is 8.60. The Morgan fingerprint density at radius 3 is 2.61 bits per heavy atom. The minimum atomic E-state index is -4.39. The van der Waals surface area contributed by atoms with Crippen molar-refractivity contribution in [2.45, 2.75) is 4.90 Å². The highest BCUT2D eigenvalue weighted by molar-refractivity contribution is 7.92. The molecule has 0 bridgehead atoms. The SMILES string of the molecule is Cn1nccc1-c1cc(Cl)ccc1Oc1cc(F)c(S(=O)(=O)Nc2cscn2)cc1F. The molecule has 160 valence electrons. The molecule has 0 unspecified atom stereocenters. The predicted molar refractivity (Wildman–Crippen MR) is 113 cm³/mol. The van der Waals surface area contributed by atoms with Gasteiger partial charge in [0.05, 0.1) is 11.2 Å². The van der Waals surface area contributed by atoms with E-state index in [1.54, 1.807) is 30.1 Å². The molecule has 2 heterocycles. The number of halogens is 3. The number of hydrogen-bond acceptors (Lipinski definition) is 6. The quantitative estimate of drug-likeness (QED) is 0.414. The van der Waals surface area contributed by atoms with E-state index in [4.69, 9.17) is 16.3 Å². The van der Waals surface area contributed by atoms with E-state index in [-0.39, 0.29) is 11.6 Å². The number of thiazole rings is 1. The Bertz CT molecular complexity index is 1360. The lowest BCUT2D eigenvalue weighted by molar-refractivity contribution is 0.433. The number of aromatic nitrogens is 3. The second-order valence-corrected chi connectivity index (χ2v) is 9.08. The van der Waals surface area contributed by atoms with Gasteiger partial charge in [0.25, 0.3) is 10.0 Å². The fourth-order valence-electron chi connectivity index (χ4n) is 2.80. The molecule has 4 rings (SSSR count). The molecule has 0 aliphatic carbocycles. The maximum Gasteiger partial charge on any atom is 0.266 e. The lowest BCUT2D eigenvalue weighted by Crippen LogP contribution is -2.15. The molecule has 0 amide bonds. The van der Waals surface area contributed by atoms with Gasteiger partial charge in [0, 0.05) is 41.3 Å². The van der Waals surface area contributed by atoms with Gasteiger partial charge >= 0.3 is 0 Å². The van der Waals surface area contributed by atoms with Crippen LogP contribution in [0.15, 0.2) is 58.4 Å². The fourth-order valence-corrected chi connectivity index (χ4v) is 4.60. The number of aryl methyl sites for hydroxylation is 1. The second-order valence-electron chi connectivity index (χ2n) is 6.27. The lowest BCUT2D eigenvalue weighted by Gasteiger charge is -2.14. The third-order valence-electron chi connectivity index (χ3n) is 4.21. The summed E-state index contributed by atoms with van der Waals surface area (Å²) in [5.41, 5.74) is 2.52.